The third-order valence-electron chi connectivity index (χ3n) is 4.25. The minimum atomic E-state index is -6.13. The predicted molar refractivity (Wildman–Crippen MR) is 117 cm³/mol. The van der Waals surface area contributed by atoms with Crippen LogP contribution < -0.4 is 5.73 Å². The van der Waals surface area contributed by atoms with Crippen molar-refractivity contribution in [1.82, 2.24) is 19.5 Å². The maximum absolute atomic E-state index is 12.1. The van der Waals surface area contributed by atoms with Crippen LogP contribution in [0.1, 0.15) is 6.23 Å². The molecule has 0 saturated carbocycles. The Morgan fingerprint density at radius 1 is 0.872 bits per heavy atom. The quantitative estimate of drug-likeness (QED) is 0.118. The molecular weight excluding hydrogens is 649 g/mol. The highest BCUT2D eigenvalue weighted by Crippen LogP contribution is 2.70. The Kier molecular flexibility index (Phi) is 9.42. The SMILES string of the molecule is Nc1ncnc2c1ncn2[C@@H]1O[C@H](COP(=O)(O)OP(=O)(O)OP(=O)(O)OP(=O)(O)O)C(OP(=O)(O)O)C1O. The third-order valence-corrected chi connectivity index (χ3v) is 10.2. The van der Waals surface area contributed by atoms with Gasteiger partial charge < -0.3 is 49.8 Å². The molecule has 3 rings (SSSR count). The Balaban J connectivity index is 1.78. The van der Waals surface area contributed by atoms with E-state index in [-0.39, 0.29) is 17.0 Å². The highest BCUT2D eigenvalue weighted by Gasteiger charge is 2.51. The molecule has 2 aromatic heterocycles. The zero-order chi connectivity index (χ0) is 29.6. The van der Waals surface area contributed by atoms with Gasteiger partial charge in [-0.2, -0.15) is 12.9 Å². The van der Waals surface area contributed by atoms with Crippen molar-refractivity contribution in [2.75, 3.05) is 12.3 Å². The predicted octanol–water partition coefficient (Wildman–Crippen LogP) is -1.40. The molecule has 0 radical (unpaired) electrons. The molecule has 1 fully saturated rings. The van der Waals surface area contributed by atoms with Crippen molar-refractivity contribution >= 4 is 56.1 Å². The van der Waals surface area contributed by atoms with Gasteiger partial charge in [-0.05, 0) is 0 Å². The average Bonchev–Trinajstić information content (AvgIpc) is 3.24. The molecule has 29 heteroatoms. The van der Waals surface area contributed by atoms with E-state index in [4.69, 9.17) is 25.2 Å². The molecule has 1 aliphatic heterocycles. The zero-order valence-corrected chi connectivity index (χ0v) is 22.8. The molecule has 3 heterocycles. The number of nitrogens with two attached hydrogens (primary N) is 1. The third kappa shape index (κ3) is 8.96. The molecular formula is C10H18N5O19P5. The summed E-state index contributed by atoms with van der Waals surface area (Å²) < 4.78 is 83.2. The molecule has 0 bridgehead atoms. The minimum absolute atomic E-state index is 0.0245. The second kappa shape index (κ2) is 11.3. The van der Waals surface area contributed by atoms with Gasteiger partial charge in [0.1, 0.15) is 30.2 Å². The van der Waals surface area contributed by atoms with E-state index in [1.807, 2.05) is 0 Å². The number of aliphatic hydroxyl groups excluding tert-OH is 1. The monoisotopic (exact) mass is 667 g/mol. The van der Waals surface area contributed by atoms with E-state index in [0.717, 1.165) is 17.2 Å². The van der Waals surface area contributed by atoms with Crippen molar-refractivity contribution in [2.45, 2.75) is 24.5 Å². The molecule has 1 aliphatic rings. The zero-order valence-electron chi connectivity index (χ0n) is 18.3. The van der Waals surface area contributed by atoms with Crippen LogP contribution in [0.5, 0.6) is 0 Å². The number of hydrogen-bond acceptors (Lipinski definition) is 16. The normalized spacial score (nSPS) is 27.2. The molecule has 0 aromatic carbocycles. The first-order valence-electron chi connectivity index (χ1n) is 9.41. The number of phosphoric ester groups is 2. The average molecular weight is 667 g/mol. The van der Waals surface area contributed by atoms with Gasteiger partial charge in [0, 0.05) is 0 Å². The Bertz CT molecular complexity index is 1450. The smallest absolute Gasteiger partial charge is 0.386 e. The number of hydrogen-bond donors (Lipinski definition) is 9. The van der Waals surface area contributed by atoms with Crippen LogP contribution in [0.25, 0.3) is 11.2 Å². The molecule has 2 aromatic rings. The van der Waals surface area contributed by atoms with Gasteiger partial charge in [-0.25, -0.2) is 37.8 Å². The van der Waals surface area contributed by atoms with Crippen molar-refractivity contribution in [3.63, 3.8) is 0 Å². The van der Waals surface area contributed by atoms with E-state index in [1.165, 1.54) is 0 Å². The highest BCUT2D eigenvalue weighted by atomic mass is 31.3. The van der Waals surface area contributed by atoms with Gasteiger partial charge in [0.15, 0.2) is 17.7 Å². The van der Waals surface area contributed by atoms with Crippen LogP contribution in [0.3, 0.4) is 0 Å². The Labute approximate surface area is 214 Å². The lowest BCUT2D eigenvalue weighted by Crippen LogP contribution is -2.35. The summed E-state index contributed by atoms with van der Waals surface area (Å²) in [4.78, 5) is 75.1. The van der Waals surface area contributed by atoms with Gasteiger partial charge in [-0.15, -0.1) is 0 Å². The standard InChI is InChI=1S/C10H18N5O19P5/c11-8-5-9(13-2-12-8)15(3-14-5)10-6(16)7(31-35(17,18)19)4(30-10)1-29-37(23,24)33-39(27,28)34-38(25,26)32-36(20,21)22/h2-4,6-7,10,16H,1H2,(H,23,24)(H,25,26)(H,27,28)(H2,11,12,13)(H2,17,18,19)(H2,20,21,22)/t4-,6?,7?,10-/m1/s1. The first-order valence-corrected chi connectivity index (χ1v) is 17.0. The molecule has 222 valence electrons. The summed E-state index contributed by atoms with van der Waals surface area (Å²) in [6, 6.07) is 0. The van der Waals surface area contributed by atoms with Crippen LogP contribution in [-0.4, -0.2) is 83.8 Å². The lowest BCUT2D eigenvalue weighted by Gasteiger charge is -2.22. The lowest BCUT2D eigenvalue weighted by atomic mass is 10.1. The fourth-order valence-corrected chi connectivity index (χ4v) is 8.08. The molecule has 0 spiro atoms. The van der Waals surface area contributed by atoms with Crippen molar-refractivity contribution in [2.24, 2.45) is 0 Å². The Morgan fingerprint density at radius 2 is 1.46 bits per heavy atom. The summed E-state index contributed by atoms with van der Waals surface area (Å²) in [6.07, 6.45) is -5.31. The summed E-state index contributed by atoms with van der Waals surface area (Å²) in [5.41, 5.74) is 5.68. The van der Waals surface area contributed by atoms with E-state index in [0.29, 0.717) is 0 Å². The molecule has 0 amide bonds. The summed E-state index contributed by atoms with van der Waals surface area (Å²) in [5, 5.41) is 10.6. The largest absolute Gasteiger partial charge is 0.490 e. The Hall–Kier alpha value is -1.06. The first-order chi connectivity index (χ1) is 17.6. The van der Waals surface area contributed by atoms with Crippen LogP contribution in [0, 0.1) is 0 Å². The van der Waals surface area contributed by atoms with Gasteiger partial charge >= 0.3 is 39.1 Å². The first kappa shape index (κ1) is 32.5. The number of anilines is 1. The second-order valence-electron chi connectivity index (χ2n) is 7.14. The summed E-state index contributed by atoms with van der Waals surface area (Å²) >= 11 is 0. The van der Waals surface area contributed by atoms with E-state index in [2.05, 4.69) is 36.9 Å². The molecule has 5 unspecified atom stereocenters. The Morgan fingerprint density at radius 3 is 2.05 bits per heavy atom. The van der Waals surface area contributed by atoms with Gasteiger partial charge in [-0.3, -0.25) is 13.6 Å². The molecule has 0 aliphatic carbocycles. The maximum Gasteiger partial charge on any atom is 0.490 e. The van der Waals surface area contributed by atoms with Gasteiger partial charge in [0.25, 0.3) is 0 Å². The van der Waals surface area contributed by atoms with Crippen LogP contribution in [0.4, 0.5) is 5.82 Å². The second-order valence-corrected chi connectivity index (χ2v) is 14.3. The van der Waals surface area contributed by atoms with Crippen molar-refractivity contribution in [3.05, 3.63) is 12.7 Å². The van der Waals surface area contributed by atoms with Crippen LogP contribution >= 0.6 is 39.1 Å². The van der Waals surface area contributed by atoms with Crippen LogP contribution in [0.2, 0.25) is 0 Å². The van der Waals surface area contributed by atoms with Crippen molar-refractivity contribution < 1.29 is 88.9 Å². The molecule has 1 saturated heterocycles. The minimum Gasteiger partial charge on any atom is -0.386 e. The summed E-state index contributed by atoms with van der Waals surface area (Å²) in [7, 11) is -29.1. The van der Waals surface area contributed by atoms with E-state index < -0.39 is 70.3 Å². The number of fused-ring (bicyclic) bond motifs is 1. The summed E-state index contributed by atoms with van der Waals surface area (Å²) in [6.45, 7) is -1.27. The molecule has 7 atom stereocenters. The fraction of sp³-hybridized carbons (Fsp3) is 0.500. The van der Waals surface area contributed by atoms with Crippen molar-refractivity contribution in [3.8, 4) is 0 Å². The lowest BCUT2D eigenvalue weighted by molar-refractivity contribution is -0.0501. The highest BCUT2D eigenvalue weighted by molar-refractivity contribution is 7.69. The number of phosphoric acid groups is 5. The van der Waals surface area contributed by atoms with E-state index in [1.54, 1.807) is 0 Å². The van der Waals surface area contributed by atoms with Crippen LogP contribution in [0.15, 0.2) is 12.7 Å². The maximum atomic E-state index is 12.1. The van der Waals surface area contributed by atoms with Gasteiger partial charge in [0.05, 0.1) is 12.9 Å². The summed E-state index contributed by atoms with van der Waals surface area (Å²) in [5.74, 6) is -0.0817. The van der Waals surface area contributed by atoms with Gasteiger partial charge in [0.2, 0.25) is 0 Å². The number of aliphatic hydroxyl groups is 1. The number of nitrogen functional groups attached to an aromatic ring is 1. The molecule has 10 N–H and O–H groups in total. The number of rotatable bonds is 12. The van der Waals surface area contributed by atoms with Crippen molar-refractivity contribution in [1.29, 1.82) is 0 Å². The molecule has 24 nitrogen and oxygen atoms in total. The van der Waals surface area contributed by atoms with E-state index in [9.17, 15) is 47.5 Å². The number of imidazole rings is 1. The fourth-order valence-electron chi connectivity index (χ4n) is 3.04. The topological polar surface area (TPSA) is 372 Å². The molecule has 39 heavy (non-hydrogen) atoms. The number of aromatic nitrogens is 4. The number of ether oxygens (including phenoxy) is 1. The number of nitrogens with zero attached hydrogens (tertiary/aromatic N) is 4. The van der Waals surface area contributed by atoms with Gasteiger partial charge in [-0.1, -0.05) is 0 Å². The van der Waals surface area contributed by atoms with Crippen LogP contribution in [-0.2, 0) is 49.5 Å². The van der Waals surface area contributed by atoms with E-state index >= 15 is 0 Å².